The number of carboxylic acid groups (broad SMARTS) is 1. The zero-order valence-electron chi connectivity index (χ0n) is 14.7. The Kier molecular flexibility index (Phi) is 6.90. The highest BCUT2D eigenvalue weighted by molar-refractivity contribution is 6.30. The van der Waals surface area contributed by atoms with Crippen LogP contribution in [0.25, 0.3) is 0 Å². The minimum atomic E-state index is -0.979. The van der Waals surface area contributed by atoms with Gasteiger partial charge in [-0.15, -0.1) is 0 Å². The number of aliphatic carboxylic acids is 1. The summed E-state index contributed by atoms with van der Waals surface area (Å²) in [6, 6.07) is 6.45. The van der Waals surface area contributed by atoms with Gasteiger partial charge in [-0.3, -0.25) is 9.80 Å². The van der Waals surface area contributed by atoms with E-state index >= 15 is 0 Å². The minimum Gasteiger partial charge on any atom is -0.482 e. The largest absolute Gasteiger partial charge is 0.482 e. The van der Waals surface area contributed by atoms with E-state index in [1.165, 1.54) is 0 Å². The molecule has 0 saturated carbocycles. The summed E-state index contributed by atoms with van der Waals surface area (Å²) in [5.41, 5.74) is 0.941. The minimum absolute atomic E-state index is 0.340. The van der Waals surface area contributed by atoms with Gasteiger partial charge in [0.1, 0.15) is 5.75 Å². The molecular formula is C18H27ClN2O3. The van der Waals surface area contributed by atoms with Crippen molar-refractivity contribution in [1.29, 1.82) is 0 Å². The van der Waals surface area contributed by atoms with E-state index in [0.29, 0.717) is 22.9 Å². The van der Waals surface area contributed by atoms with E-state index in [2.05, 4.69) is 30.6 Å². The monoisotopic (exact) mass is 354 g/mol. The van der Waals surface area contributed by atoms with Crippen molar-refractivity contribution in [3.63, 3.8) is 0 Å². The Hall–Kier alpha value is -1.30. The molecule has 0 radical (unpaired) electrons. The summed E-state index contributed by atoms with van der Waals surface area (Å²) < 4.78 is 5.41. The summed E-state index contributed by atoms with van der Waals surface area (Å²) >= 11 is 6.12. The zero-order valence-corrected chi connectivity index (χ0v) is 15.4. The van der Waals surface area contributed by atoms with Crippen LogP contribution < -0.4 is 4.74 Å². The van der Waals surface area contributed by atoms with Crippen molar-refractivity contribution in [1.82, 2.24) is 9.80 Å². The van der Waals surface area contributed by atoms with Crippen LogP contribution >= 0.6 is 11.6 Å². The van der Waals surface area contributed by atoms with E-state index in [1.807, 2.05) is 6.07 Å². The molecule has 6 heteroatoms. The van der Waals surface area contributed by atoms with Crippen molar-refractivity contribution in [2.45, 2.75) is 45.8 Å². The van der Waals surface area contributed by atoms with Crippen LogP contribution in [0.15, 0.2) is 18.2 Å². The summed E-state index contributed by atoms with van der Waals surface area (Å²) in [4.78, 5) is 15.7. The number of piperazine rings is 1. The fraction of sp³-hybridized carbons (Fsp3) is 0.611. The quantitative estimate of drug-likeness (QED) is 0.815. The van der Waals surface area contributed by atoms with Crippen molar-refractivity contribution < 1.29 is 14.6 Å². The first-order chi connectivity index (χ1) is 11.4. The van der Waals surface area contributed by atoms with Gasteiger partial charge in [0, 0.05) is 48.8 Å². The molecule has 1 aliphatic rings. The predicted octanol–water partition coefficient (Wildman–Crippen LogP) is 3.11. The topological polar surface area (TPSA) is 53.0 Å². The van der Waals surface area contributed by atoms with Crippen LogP contribution in [0.4, 0.5) is 0 Å². The normalized spacial score (nSPS) is 19.6. The Bertz CT molecular complexity index is 565. The molecule has 0 unspecified atom stereocenters. The van der Waals surface area contributed by atoms with Crippen molar-refractivity contribution >= 4 is 17.6 Å². The molecule has 1 aromatic carbocycles. The summed E-state index contributed by atoms with van der Waals surface area (Å²) in [5.74, 6) is -0.381. The maximum Gasteiger partial charge on any atom is 0.341 e. The average molecular weight is 355 g/mol. The lowest BCUT2D eigenvalue weighted by Crippen LogP contribution is -2.54. The Morgan fingerprint density at radius 1 is 1.42 bits per heavy atom. The van der Waals surface area contributed by atoms with Crippen molar-refractivity contribution in [3.8, 4) is 5.75 Å². The highest BCUT2D eigenvalue weighted by atomic mass is 35.5. The number of hydrogen-bond donors (Lipinski definition) is 1. The summed E-state index contributed by atoms with van der Waals surface area (Å²) in [7, 11) is 0. The average Bonchev–Trinajstić information content (AvgIpc) is 2.53. The van der Waals surface area contributed by atoms with Gasteiger partial charge in [0.25, 0.3) is 0 Å². The molecule has 1 heterocycles. The molecule has 0 bridgehead atoms. The van der Waals surface area contributed by atoms with Gasteiger partial charge in [0.05, 0.1) is 0 Å². The summed E-state index contributed by atoms with van der Waals surface area (Å²) in [5, 5.41) is 9.46. The van der Waals surface area contributed by atoms with Gasteiger partial charge >= 0.3 is 5.97 Å². The molecular weight excluding hydrogens is 328 g/mol. The number of carbonyl (C=O) groups is 1. The molecule has 1 aliphatic heterocycles. The molecule has 1 fully saturated rings. The molecule has 134 valence electrons. The van der Waals surface area contributed by atoms with Gasteiger partial charge in [-0.2, -0.15) is 0 Å². The number of carboxylic acids is 1. The first kappa shape index (κ1) is 19.0. The molecule has 1 N–H and O–H groups in total. The third-order valence-corrected chi connectivity index (χ3v) is 4.75. The van der Waals surface area contributed by atoms with Crippen LogP contribution in [0.1, 0.15) is 32.8 Å². The lowest BCUT2D eigenvalue weighted by atomic mass is 10.1. The van der Waals surface area contributed by atoms with Crippen molar-refractivity contribution in [2.24, 2.45) is 0 Å². The van der Waals surface area contributed by atoms with Crippen molar-refractivity contribution in [3.05, 3.63) is 28.8 Å². The predicted molar refractivity (Wildman–Crippen MR) is 95.8 cm³/mol. The van der Waals surface area contributed by atoms with Crippen LogP contribution in [-0.4, -0.2) is 59.2 Å². The molecule has 0 aromatic heterocycles. The number of ether oxygens (including phenoxy) is 1. The van der Waals surface area contributed by atoms with Gasteiger partial charge < -0.3 is 9.84 Å². The van der Waals surface area contributed by atoms with Gasteiger partial charge in [0.15, 0.2) is 6.61 Å². The number of benzene rings is 1. The Morgan fingerprint density at radius 3 is 2.79 bits per heavy atom. The third-order valence-electron chi connectivity index (χ3n) is 4.51. The Labute approximate surface area is 149 Å². The number of rotatable bonds is 7. The van der Waals surface area contributed by atoms with E-state index in [-0.39, 0.29) is 6.61 Å². The second-order valence-corrected chi connectivity index (χ2v) is 7.00. The fourth-order valence-corrected chi connectivity index (χ4v) is 3.51. The third kappa shape index (κ3) is 5.10. The SMILES string of the molecule is CC[C@H]1CN(Cc2cc(Cl)ccc2OCC(=O)O)CCN1C(C)C. The van der Waals surface area contributed by atoms with Crippen LogP contribution in [0.3, 0.4) is 0 Å². The second-order valence-electron chi connectivity index (χ2n) is 6.56. The number of hydrogen-bond acceptors (Lipinski definition) is 4. The number of nitrogens with zero attached hydrogens (tertiary/aromatic N) is 2. The van der Waals surface area contributed by atoms with E-state index in [1.54, 1.807) is 12.1 Å². The first-order valence-corrected chi connectivity index (χ1v) is 8.89. The van der Waals surface area contributed by atoms with Crippen LogP contribution in [0.2, 0.25) is 5.02 Å². The van der Waals surface area contributed by atoms with Gasteiger partial charge in [0.2, 0.25) is 0 Å². The Morgan fingerprint density at radius 2 is 2.17 bits per heavy atom. The highest BCUT2D eigenvalue weighted by Crippen LogP contribution is 2.26. The standard InChI is InChI=1S/C18H27ClN2O3/c1-4-16-11-20(7-8-21(16)13(2)3)10-14-9-15(19)5-6-17(14)24-12-18(22)23/h5-6,9,13,16H,4,7-8,10-12H2,1-3H3,(H,22,23)/t16-/m0/s1. The van der Waals surface area contributed by atoms with Gasteiger partial charge in [-0.25, -0.2) is 4.79 Å². The summed E-state index contributed by atoms with van der Waals surface area (Å²) in [6.45, 7) is 10.1. The highest BCUT2D eigenvalue weighted by Gasteiger charge is 2.27. The molecule has 2 rings (SSSR count). The fourth-order valence-electron chi connectivity index (χ4n) is 3.31. The van der Waals surface area contributed by atoms with E-state index in [4.69, 9.17) is 21.4 Å². The zero-order chi connectivity index (χ0) is 17.7. The van der Waals surface area contributed by atoms with E-state index in [0.717, 1.165) is 38.2 Å². The first-order valence-electron chi connectivity index (χ1n) is 8.51. The van der Waals surface area contributed by atoms with E-state index in [9.17, 15) is 4.79 Å². The number of halogens is 1. The smallest absolute Gasteiger partial charge is 0.341 e. The van der Waals surface area contributed by atoms with Crippen molar-refractivity contribution in [2.75, 3.05) is 26.2 Å². The molecule has 1 saturated heterocycles. The van der Waals surface area contributed by atoms with Crippen LogP contribution in [-0.2, 0) is 11.3 Å². The molecule has 0 aliphatic carbocycles. The summed E-state index contributed by atoms with van der Waals surface area (Å²) in [6.07, 6.45) is 1.12. The Balaban J connectivity index is 2.07. The van der Waals surface area contributed by atoms with Gasteiger partial charge in [-0.05, 0) is 38.5 Å². The molecule has 5 nitrogen and oxygen atoms in total. The van der Waals surface area contributed by atoms with Crippen LogP contribution in [0.5, 0.6) is 5.75 Å². The molecule has 1 aromatic rings. The molecule has 24 heavy (non-hydrogen) atoms. The molecule has 1 atom stereocenters. The maximum absolute atomic E-state index is 10.8. The van der Waals surface area contributed by atoms with Crippen LogP contribution in [0, 0.1) is 0 Å². The van der Waals surface area contributed by atoms with Gasteiger partial charge in [-0.1, -0.05) is 18.5 Å². The molecule has 0 amide bonds. The lowest BCUT2D eigenvalue weighted by molar-refractivity contribution is -0.139. The maximum atomic E-state index is 10.8. The second kappa shape index (κ2) is 8.70. The van der Waals surface area contributed by atoms with E-state index < -0.39 is 5.97 Å². The lowest BCUT2D eigenvalue weighted by Gasteiger charge is -2.43. The molecule has 0 spiro atoms.